The van der Waals surface area contributed by atoms with Crippen molar-refractivity contribution in [3.8, 4) is 22.3 Å². The average Bonchev–Trinajstić information content (AvgIpc) is 3.40. The number of rotatable bonds is 12. The second-order valence-corrected chi connectivity index (χ2v) is 12.3. The van der Waals surface area contributed by atoms with Crippen molar-refractivity contribution in [3.63, 3.8) is 0 Å². The van der Waals surface area contributed by atoms with Gasteiger partial charge in [-0.25, -0.2) is 14.6 Å². The molecule has 1 heterocycles. The number of benzene rings is 4. The first-order chi connectivity index (χ1) is 20.8. The number of nitrogens with zero attached hydrogens (tertiary/aromatic N) is 3. The third-order valence-corrected chi connectivity index (χ3v) is 8.83. The molecule has 0 amide bonds. The van der Waals surface area contributed by atoms with E-state index in [0.29, 0.717) is 28.6 Å². The third-order valence-electron chi connectivity index (χ3n) is 6.75. The molecular formula is C34H32N3NaO4S2. The summed E-state index contributed by atoms with van der Waals surface area (Å²) >= 11 is 3.19. The monoisotopic (exact) mass is 633 g/mol. The molecule has 0 spiro atoms. The van der Waals surface area contributed by atoms with Crippen LogP contribution in [0.5, 0.6) is 0 Å². The molecule has 7 nitrogen and oxygen atoms in total. The summed E-state index contributed by atoms with van der Waals surface area (Å²) in [5, 5.41) is 24.7. The molecule has 0 aliphatic carbocycles. The molecule has 0 bridgehead atoms. The van der Waals surface area contributed by atoms with Gasteiger partial charge in [0, 0.05) is 17.9 Å². The van der Waals surface area contributed by atoms with E-state index in [2.05, 4.69) is 13.8 Å². The molecule has 0 atom stereocenters. The van der Waals surface area contributed by atoms with Crippen molar-refractivity contribution in [1.29, 1.82) is 0 Å². The molecule has 0 unspecified atom stereocenters. The van der Waals surface area contributed by atoms with Crippen LogP contribution in [-0.4, -0.2) is 65.9 Å². The number of carbonyl (C=O) groups is 2. The van der Waals surface area contributed by atoms with Gasteiger partial charge < -0.3 is 10.2 Å². The van der Waals surface area contributed by atoms with Crippen LogP contribution in [0.25, 0.3) is 22.3 Å². The van der Waals surface area contributed by atoms with Gasteiger partial charge >= 0.3 is 41.5 Å². The summed E-state index contributed by atoms with van der Waals surface area (Å²) in [6, 6.07) is 29.9. The van der Waals surface area contributed by atoms with Gasteiger partial charge in [-0.1, -0.05) is 111 Å². The molecule has 4 aromatic carbocycles. The maximum absolute atomic E-state index is 11.6. The summed E-state index contributed by atoms with van der Waals surface area (Å²) < 4.78 is 1.90. The number of carboxylic acids is 2. The Kier molecular flexibility index (Phi) is 11.9. The van der Waals surface area contributed by atoms with E-state index in [4.69, 9.17) is 10.1 Å². The van der Waals surface area contributed by atoms with Crippen molar-refractivity contribution in [1.82, 2.24) is 14.2 Å². The molecule has 0 saturated heterocycles. The van der Waals surface area contributed by atoms with E-state index in [1.165, 1.54) is 0 Å². The zero-order chi connectivity index (χ0) is 30.3. The van der Waals surface area contributed by atoms with Gasteiger partial charge in [0.15, 0.2) is 11.0 Å². The van der Waals surface area contributed by atoms with Gasteiger partial charge in [0.25, 0.3) is 0 Å². The van der Waals surface area contributed by atoms with E-state index in [1.54, 1.807) is 48.0 Å². The van der Waals surface area contributed by atoms with Crippen molar-refractivity contribution < 1.29 is 19.8 Å². The van der Waals surface area contributed by atoms with Gasteiger partial charge in [-0.15, -0.1) is 5.10 Å². The van der Waals surface area contributed by atoms with Crippen LogP contribution in [0.4, 0.5) is 0 Å². The number of carboxylic acid groups (broad SMARTS) is 2. The Hall–Kier alpha value is -3.34. The molecule has 0 saturated carbocycles. The molecule has 0 radical (unpaired) electrons. The molecule has 0 aliphatic heterocycles. The molecule has 44 heavy (non-hydrogen) atoms. The third kappa shape index (κ3) is 8.43. The minimum absolute atomic E-state index is 0. The van der Waals surface area contributed by atoms with E-state index >= 15 is 0 Å². The molecule has 2 N–H and O–H groups in total. The van der Waals surface area contributed by atoms with E-state index in [1.807, 2.05) is 76.9 Å². The zero-order valence-electron chi connectivity index (χ0n) is 23.8. The van der Waals surface area contributed by atoms with Gasteiger partial charge in [0.1, 0.15) is 0 Å². The second-order valence-electron chi connectivity index (χ2n) is 10.4. The van der Waals surface area contributed by atoms with Gasteiger partial charge in [-0.2, -0.15) is 4.09 Å². The fourth-order valence-electron chi connectivity index (χ4n) is 4.63. The van der Waals surface area contributed by atoms with Crippen molar-refractivity contribution in [2.24, 2.45) is 5.92 Å². The molecule has 5 aromatic rings. The first-order valence-electron chi connectivity index (χ1n) is 13.8. The summed E-state index contributed by atoms with van der Waals surface area (Å²) in [6.45, 7) is 4.30. The van der Waals surface area contributed by atoms with Crippen LogP contribution >= 0.6 is 23.7 Å². The van der Waals surface area contributed by atoms with Crippen molar-refractivity contribution in [3.05, 3.63) is 125 Å². The molecule has 5 rings (SSSR count). The Morgan fingerprint density at radius 1 is 0.727 bits per heavy atom. The number of aromatic carboxylic acids is 2. The minimum atomic E-state index is -0.942. The van der Waals surface area contributed by atoms with Crippen LogP contribution in [0.15, 0.2) is 102 Å². The van der Waals surface area contributed by atoms with E-state index in [-0.39, 0.29) is 40.7 Å². The predicted molar refractivity (Wildman–Crippen MR) is 180 cm³/mol. The summed E-state index contributed by atoms with van der Waals surface area (Å²) in [4.78, 5) is 28.1. The zero-order valence-corrected chi connectivity index (χ0v) is 25.4. The van der Waals surface area contributed by atoms with Gasteiger partial charge in [0.2, 0.25) is 0 Å². The fourth-order valence-corrected chi connectivity index (χ4v) is 6.53. The number of thioether (sulfide) groups is 1. The fraction of sp³-hybridized carbons (Fsp3) is 0.176. The summed E-state index contributed by atoms with van der Waals surface area (Å²) in [5.41, 5.74) is 5.88. The quantitative estimate of drug-likeness (QED) is 0.107. The predicted octanol–water partition coefficient (Wildman–Crippen LogP) is 7.55. The number of aromatic nitrogens is 3. The Labute approximate surface area is 287 Å². The molecule has 220 valence electrons. The van der Waals surface area contributed by atoms with E-state index < -0.39 is 11.9 Å². The van der Waals surface area contributed by atoms with Crippen molar-refractivity contribution in [2.45, 2.75) is 36.9 Å². The first kappa shape index (κ1) is 33.6. The standard InChI is InChI=1S/C34H31N3O4S2.Na.H/c1-22(2)19-31-35-34(42-20-23-11-15-25(16-12-23)27-7-3-5-9-29(27)32(38)39)37(36-31)43-21-24-13-17-26(18-14-24)28-8-4-6-10-30(28)33(40)41;;/h3-18,22H,19-21H2,1-2H3,(H,38,39)(H,40,41);;. The SMILES string of the molecule is CC(C)Cc1nc(SCc2ccc(-c3ccccc3C(=O)O)cc2)n(SCc2ccc(-c3ccccc3C(=O)O)cc2)n1.[NaH]. The molecule has 1 aromatic heterocycles. The van der Waals surface area contributed by atoms with Crippen LogP contribution in [-0.2, 0) is 17.9 Å². The summed E-state index contributed by atoms with van der Waals surface area (Å²) in [7, 11) is 0. The Balaban J connectivity index is 0.00000442. The normalized spacial score (nSPS) is 10.9. The van der Waals surface area contributed by atoms with E-state index in [0.717, 1.165) is 39.7 Å². The molecule has 0 fully saturated rings. The Bertz CT molecular complexity index is 1620. The van der Waals surface area contributed by atoms with Gasteiger partial charge in [-0.05, 0) is 63.4 Å². The van der Waals surface area contributed by atoms with Crippen LogP contribution in [0.3, 0.4) is 0 Å². The van der Waals surface area contributed by atoms with Crippen LogP contribution < -0.4 is 0 Å². The Morgan fingerprint density at radius 3 is 1.68 bits per heavy atom. The van der Waals surface area contributed by atoms with E-state index in [9.17, 15) is 19.8 Å². The first-order valence-corrected chi connectivity index (χ1v) is 15.8. The van der Waals surface area contributed by atoms with Gasteiger partial charge in [0.05, 0.1) is 11.1 Å². The summed E-state index contributed by atoms with van der Waals surface area (Å²) in [6.07, 6.45) is 0.788. The van der Waals surface area contributed by atoms with Crippen LogP contribution in [0, 0.1) is 5.92 Å². The molecular weight excluding hydrogens is 602 g/mol. The average molecular weight is 634 g/mol. The van der Waals surface area contributed by atoms with Crippen molar-refractivity contribution >= 4 is 65.2 Å². The topological polar surface area (TPSA) is 105 Å². The molecule has 10 heteroatoms. The second kappa shape index (κ2) is 15.6. The van der Waals surface area contributed by atoms with Crippen LogP contribution in [0.1, 0.15) is 51.5 Å². The maximum atomic E-state index is 11.6. The van der Waals surface area contributed by atoms with Gasteiger partial charge in [-0.3, -0.25) is 0 Å². The number of hydrogen-bond acceptors (Lipinski definition) is 6. The number of hydrogen-bond donors (Lipinski definition) is 2. The summed E-state index contributed by atoms with van der Waals surface area (Å²) in [5.74, 6) is 0.731. The van der Waals surface area contributed by atoms with Crippen molar-refractivity contribution in [2.75, 3.05) is 0 Å². The Morgan fingerprint density at radius 2 is 1.20 bits per heavy atom. The van der Waals surface area contributed by atoms with Crippen LogP contribution in [0.2, 0.25) is 0 Å². The molecule has 0 aliphatic rings.